The lowest BCUT2D eigenvalue weighted by Crippen LogP contribution is -2.22. The Bertz CT molecular complexity index is 1350. The van der Waals surface area contributed by atoms with Crippen LogP contribution >= 0.6 is 11.8 Å². The highest BCUT2D eigenvalue weighted by molar-refractivity contribution is 7.99. The topological polar surface area (TPSA) is 99.2 Å². The molecule has 0 spiro atoms. The quantitative estimate of drug-likeness (QED) is 0.389. The van der Waals surface area contributed by atoms with E-state index in [4.69, 9.17) is 5.11 Å². The second-order valence-electron chi connectivity index (χ2n) is 8.43. The molecular weight excluding hydrogens is 448 g/mol. The number of carboxylic acid groups (broad SMARTS) is 1. The molecule has 3 aromatic heterocycles. The van der Waals surface area contributed by atoms with Gasteiger partial charge in [0.15, 0.2) is 0 Å². The Morgan fingerprint density at radius 2 is 2.09 bits per heavy atom. The highest BCUT2D eigenvalue weighted by atomic mass is 32.2. The number of carbonyl (C=O) groups excluding carboxylic acids is 1. The molecule has 4 heterocycles. The number of carboxylic acids is 1. The van der Waals surface area contributed by atoms with E-state index in [1.807, 2.05) is 42.3 Å². The van der Waals surface area contributed by atoms with Crippen molar-refractivity contribution in [2.75, 3.05) is 7.05 Å². The monoisotopic (exact) mass is 472 g/mol. The Balaban J connectivity index is 1.51. The van der Waals surface area contributed by atoms with E-state index in [0.717, 1.165) is 49.8 Å². The van der Waals surface area contributed by atoms with Gasteiger partial charge >= 0.3 is 5.97 Å². The summed E-state index contributed by atoms with van der Waals surface area (Å²) in [6, 6.07) is 16.1. The maximum atomic E-state index is 12.2. The van der Waals surface area contributed by atoms with E-state index in [9.17, 15) is 9.59 Å². The normalized spacial score (nSPS) is 15.9. The number of nitrogens with zero attached hydrogens (tertiary/aromatic N) is 3. The number of carbonyl (C=O) groups is 2. The summed E-state index contributed by atoms with van der Waals surface area (Å²) in [6.45, 7) is 0. The molecule has 172 valence electrons. The number of likely N-dealkylation sites (tertiary alicyclic amines) is 1. The van der Waals surface area contributed by atoms with E-state index in [-0.39, 0.29) is 18.4 Å². The molecule has 34 heavy (non-hydrogen) atoms. The third-order valence-electron chi connectivity index (χ3n) is 6.18. The average Bonchev–Trinajstić information content (AvgIpc) is 3.41. The molecule has 4 aromatic rings. The SMILES string of the molecule is CN1C(=O)CCC1c1cc2[nH]c(-c3ccc(CCC(=O)O)cn3)cc2cc1Sc1ccccn1. The number of nitrogens with one attached hydrogen (secondary N) is 1. The Hall–Kier alpha value is -3.65. The van der Waals surface area contributed by atoms with Gasteiger partial charge in [-0.2, -0.15) is 0 Å². The lowest BCUT2D eigenvalue weighted by molar-refractivity contribution is -0.137. The van der Waals surface area contributed by atoms with Crippen molar-refractivity contribution in [3.8, 4) is 11.4 Å². The molecule has 0 saturated carbocycles. The van der Waals surface area contributed by atoms with Crippen LogP contribution in [-0.2, 0) is 16.0 Å². The van der Waals surface area contributed by atoms with Crippen LogP contribution in [0.25, 0.3) is 22.3 Å². The van der Waals surface area contributed by atoms with Gasteiger partial charge in [0.05, 0.1) is 17.4 Å². The molecule has 7 nitrogen and oxygen atoms in total. The number of fused-ring (bicyclic) bond motifs is 1. The van der Waals surface area contributed by atoms with Gasteiger partial charge in [-0.1, -0.05) is 23.9 Å². The molecule has 1 amide bonds. The van der Waals surface area contributed by atoms with Crippen LogP contribution in [0.1, 0.15) is 36.4 Å². The third kappa shape index (κ3) is 4.54. The van der Waals surface area contributed by atoms with Crippen molar-refractivity contribution in [3.05, 3.63) is 72.1 Å². The summed E-state index contributed by atoms with van der Waals surface area (Å²) < 4.78 is 0. The van der Waals surface area contributed by atoms with Crippen LogP contribution < -0.4 is 0 Å². The Labute approximate surface area is 201 Å². The Morgan fingerprint density at radius 3 is 2.76 bits per heavy atom. The van der Waals surface area contributed by atoms with Gasteiger partial charge in [0.1, 0.15) is 5.03 Å². The summed E-state index contributed by atoms with van der Waals surface area (Å²) in [5.74, 6) is -0.650. The van der Waals surface area contributed by atoms with Gasteiger partial charge in [0.2, 0.25) is 5.91 Å². The molecule has 0 bridgehead atoms. The van der Waals surface area contributed by atoms with Gasteiger partial charge in [0.25, 0.3) is 0 Å². The molecule has 8 heteroatoms. The number of hydrogen-bond donors (Lipinski definition) is 2. The number of H-pyrrole nitrogens is 1. The molecule has 1 atom stereocenters. The van der Waals surface area contributed by atoms with Gasteiger partial charge in [0, 0.05) is 48.1 Å². The number of amides is 1. The smallest absolute Gasteiger partial charge is 0.303 e. The maximum absolute atomic E-state index is 12.2. The minimum absolute atomic E-state index is 0.0292. The van der Waals surface area contributed by atoms with E-state index in [2.05, 4.69) is 33.2 Å². The molecule has 0 radical (unpaired) electrons. The van der Waals surface area contributed by atoms with E-state index >= 15 is 0 Å². The van der Waals surface area contributed by atoms with Crippen LogP contribution in [0.15, 0.2) is 70.8 Å². The molecule has 1 unspecified atom stereocenters. The molecule has 1 aliphatic heterocycles. The zero-order valence-electron chi connectivity index (χ0n) is 18.7. The zero-order valence-corrected chi connectivity index (χ0v) is 19.5. The van der Waals surface area contributed by atoms with Gasteiger partial charge in [-0.15, -0.1) is 0 Å². The lowest BCUT2D eigenvalue weighted by atomic mass is 10.0. The van der Waals surface area contributed by atoms with Crippen molar-refractivity contribution in [2.45, 2.75) is 41.6 Å². The van der Waals surface area contributed by atoms with Crippen LogP contribution in [0.4, 0.5) is 0 Å². The zero-order chi connectivity index (χ0) is 23.7. The standard InChI is InChI=1S/C26H24N4O3S/c1-30-22(8-9-25(30)31)18-14-20-17(13-23(18)34-24-4-2-3-11-27-24)12-21(29-20)19-7-5-16(15-28-19)6-10-26(32)33/h2-5,7,11-15,22,29H,6,8-10H2,1H3,(H,32,33). The predicted molar refractivity (Wildman–Crippen MR) is 131 cm³/mol. The van der Waals surface area contributed by atoms with Gasteiger partial charge < -0.3 is 15.0 Å². The maximum Gasteiger partial charge on any atom is 0.303 e. The van der Waals surface area contributed by atoms with Crippen molar-refractivity contribution >= 4 is 34.5 Å². The number of rotatable bonds is 7. The molecule has 1 aliphatic rings. The Kier molecular flexibility index (Phi) is 6.06. The first-order valence-corrected chi connectivity index (χ1v) is 12.0. The van der Waals surface area contributed by atoms with E-state index in [1.165, 1.54) is 0 Å². The van der Waals surface area contributed by atoms with Crippen molar-refractivity contribution < 1.29 is 14.7 Å². The highest BCUT2D eigenvalue weighted by Gasteiger charge is 2.31. The summed E-state index contributed by atoms with van der Waals surface area (Å²) in [7, 11) is 1.87. The molecule has 0 aliphatic carbocycles. The molecular formula is C26H24N4O3S. The fourth-order valence-electron chi connectivity index (χ4n) is 4.33. The van der Waals surface area contributed by atoms with Crippen LogP contribution in [0, 0.1) is 0 Å². The number of aliphatic carboxylic acids is 1. The number of hydrogen-bond acceptors (Lipinski definition) is 5. The molecule has 1 fully saturated rings. The van der Waals surface area contributed by atoms with E-state index in [0.29, 0.717) is 12.8 Å². The minimum atomic E-state index is -0.815. The van der Waals surface area contributed by atoms with E-state index < -0.39 is 5.97 Å². The summed E-state index contributed by atoms with van der Waals surface area (Å²) in [4.78, 5) is 38.5. The van der Waals surface area contributed by atoms with Gasteiger partial charge in [-0.3, -0.25) is 14.6 Å². The lowest BCUT2D eigenvalue weighted by Gasteiger charge is -2.23. The highest BCUT2D eigenvalue weighted by Crippen LogP contribution is 2.41. The number of aromatic amines is 1. The van der Waals surface area contributed by atoms with Crippen LogP contribution in [0.5, 0.6) is 0 Å². The largest absolute Gasteiger partial charge is 0.481 e. The summed E-state index contributed by atoms with van der Waals surface area (Å²) in [5, 5.41) is 10.8. The Morgan fingerprint density at radius 1 is 1.21 bits per heavy atom. The van der Waals surface area contributed by atoms with Crippen molar-refractivity contribution in [1.29, 1.82) is 0 Å². The number of aryl methyl sites for hydroxylation is 1. The first kappa shape index (κ1) is 22.2. The van der Waals surface area contributed by atoms with Gasteiger partial charge in [-0.05, 0) is 60.4 Å². The summed E-state index contributed by atoms with van der Waals surface area (Å²) in [6.07, 6.45) is 5.42. The molecule has 1 aromatic carbocycles. The number of pyridine rings is 2. The molecule has 2 N–H and O–H groups in total. The van der Waals surface area contributed by atoms with Crippen molar-refractivity contribution in [3.63, 3.8) is 0 Å². The number of benzene rings is 1. The number of aromatic nitrogens is 3. The second-order valence-corrected chi connectivity index (χ2v) is 9.50. The first-order chi connectivity index (χ1) is 16.5. The van der Waals surface area contributed by atoms with E-state index in [1.54, 1.807) is 24.2 Å². The fourth-order valence-corrected chi connectivity index (χ4v) is 5.32. The predicted octanol–water partition coefficient (Wildman–Crippen LogP) is 5.09. The third-order valence-corrected chi connectivity index (χ3v) is 7.21. The first-order valence-electron chi connectivity index (χ1n) is 11.2. The fraction of sp³-hybridized carbons (Fsp3) is 0.231. The summed E-state index contributed by atoms with van der Waals surface area (Å²) in [5.41, 5.74) is 4.68. The second kappa shape index (κ2) is 9.30. The molecule has 5 rings (SSSR count). The van der Waals surface area contributed by atoms with Crippen LogP contribution in [-0.4, -0.2) is 43.9 Å². The van der Waals surface area contributed by atoms with Crippen molar-refractivity contribution in [1.82, 2.24) is 19.9 Å². The van der Waals surface area contributed by atoms with Crippen LogP contribution in [0.3, 0.4) is 0 Å². The minimum Gasteiger partial charge on any atom is -0.481 e. The van der Waals surface area contributed by atoms with Crippen molar-refractivity contribution in [2.24, 2.45) is 0 Å². The molecule has 1 saturated heterocycles. The summed E-state index contributed by atoms with van der Waals surface area (Å²) >= 11 is 1.61. The average molecular weight is 473 g/mol. The van der Waals surface area contributed by atoms with Crippen LogP contribution in [0.2, 0.25) is 0 Å². The van der Waals surface area contributed by atoms with Gasteiger partial charge in [-0.25, -0.2) is 4.98 Å².